The molecule has 2 heterocycles. The molecule has 3 atom stereocenters. The molecule has 1 unspecified atom stereocenters. The normalized spacial score (nSPS) is 23.0. The number of aromatic carboxylic acids is 1. The number of sulfone groups is 1. The van der Waals surface area contributed by atoms with Gasteiger partial charge in [-0.05, 0) is 48.7 Å². The molecular weight excluding hydrogens is 521 g/mol. The van der Waals surface area contributed by atoms with Crippen molar-refractivity contribution in [2.75, 3.05) is 42.5 Å². The van der Waals surface area contributed by atoms with Gasteiger partial charge in [0.25, 0.3) is 0 Å². The Morgan fingerprint density at radius 2 is 1.59 bits per heavy atom. The van der Waals surface area contributed by atoms with Crippen LogP contribution in [0.4, 0.5) is 15.8 Å². The van der Waals surface area contributed by atoms with Crippen LogP contribution in [0.1, 0.15) is 33.7 Å². The zero-order valence-corrected chi connectivity index (χ0v) is 22.4. The highest BCUT2D eigenvalue weighted by molar-refractivity contribution is 7.92. The number of hydrogen-bond donors (Lipinski definition) is 3. The maximum atomic E-state index is 15.3. The molecule has 3 aromatic rings. The number of nitrogens with zero attached hydrogens (tertiary/aromatic N) is 2. The predicted octanol–water partition coefficient (Wildman–Crippen LogP) is 3.62. The second-order valence-corrected chi connectivity index (χ2v) is 12.5. The lowest BCUT2D eigenvalue weighted by Gasteiger charge is -2.38. The van der Waals surface area contributed by atoms with Gasteiger partial charge in [0.15, 0.2) is 9.84 Å². The Kier molecular flexibility index (Phi) is 7.51. The van der Waals surface area contributed by atoms with E-state index >= 15 is 4.39 Å². The molecule has 5 rings (SSSR count). The van der Waals surface area contributed by atoms with Crippen LogP contribution in [0, 0.1) is 5.82 Å². The Morgan fingerprint density at radius 1 is 0.974 bits per heavy atom. The Morgan fingerprint density at radius 3 is 2.18 bits per heavy atom. The van der Waals surface area contributed by atoms with Gasteiger partial charge in [0.1, 0.15) is 17.1 Å². The third kappa shape index (κ3) is 5.44. The van der Waals surface area contributed by atoms with Crippen LogP contribution in [0.25, 0.3) is 0 Å². The van der Waals surface area contributed by atoms with Crippen molar-refractivity contribution in [3.63, 3.8) is 0 Å². The summed E-state index contributed by atoms with van der Waals surface area (Å²) < 4.78 is 42.4. The van der Waals surface area contributed by atoms with E-state index in [-0.39, 0.29) is 23.8 Å². The smallest absolute Gasteiger partial charge is 0.339 e. The molecule has 3 N–H and O–H groups in total. The summed E-state index contributed by atoms with van der Waals surface area (Å²) in [5, 5.41) is 21.0. The maximum Gasteiger partial charge on any atom is 0.339 e. The summed E-state index contributed by atoms with van der Waals surface area (Å²) in [6, 6.07) is 18.4. The summed E-state index contributed by atoms with van der Waals surface area (Å²) in [6.07, 6.45) is 0.0928. The first-order chi connectivity index (χ1) is 18.6. The molecule has 2 aliphatic rings. The van der Waals surface area contributed by atoms with Gasteiger partial charge in [-0.15, -0.1) is 0 Å². The molecule has 2 fully saturated rings. The largest absolute Gasteiger partial charge is 0.507 e. The molecule has 3 aromatic carbocycles. The first-order valence-corrected chi connectivity index (χ1v) is 14.6. The molecule has 10 heteroatoms. The van der Waals surface area contributed by atoms with Crippen LogP contribution in [0.3, 0.4) is 0 Å². The SMILES string of the molecule is C[C@@H]1NC[C@H](c2ccccc2)S(=O)(=O)C1Cc1ccc(N2CCN(c3ccc(C(=O)O)c(O)c3)CC2)cc1F. The number of phenols is 1. The van der Waals surface area contributed by atoms with E-state index in [1.54, 1.807) is 12.1 Å². The van der Waals surface area contributed by atoms with E-state index in [0.717, 1.165) is 16.9 Å². The van der Waals surface area contributed by atoms with Gasteiger partial charge in [0, 0.05) is 56.2 Å². The molecular formula is C29H32FN3O5S. The van der Waals surface area contributed by atoms with Gasteiger partial charge in [-0.2, -0.15) is 0 Å². The lowest BCUT2D eigenvalue weighted by Crippen LogP contribution is -2.53. The first kappa shape index (κ1) is 27.0. The maximum absolute atomic E-state index is 15.3. The average molecular weight is 554 g/mol. The van der Waals surface area contributed by atoms with Crippen molar-refractivity contribution in [1.82, 2.24) is 5.32 Å². The summed E-state index contributed by atoms with van der Waals surface area (Å²) >= 11 is 0. The molecule has 0 radical (unpaired) electrons. The minimum absolute atomic E-state index is 0.0928. The van der Waals surface area contributed by atoms with E-state index < -0.39 is 32.1 Å². The molecule has 0 spiro atoms. The van der Waals surface area contributed by atoms with Crippen LogP contribution in [-0.2, 0) is 16.3 Å². The van der Waals surface area contributed by atoms with Gasteiger partial charge in [0.05, 0.1) is 10.5 Å². The summed E-state index contributed by atoms with van der Waals surface area (Å²) in [7, 11) is -3.55. The summed E-state index contributed by atoms with van der Waals surface area (Å²) in [5.74, 6) is -1.88. The number of rotatable bonds is 6. The Balaban J connectivity index is 1.26. The van der Waals surface area contributed by atoms with E-state index in [4.69, 9.17) is 5.11 Å². The number of nitrogens with one attached hydrogen (secondary N) is 1. The number of carboxylic acids is 1. The molecule has 0 aliphatic carbocycles. The highest BCUT2D eigenvalue weighted by Gasteiger charge is 2.42. The van der Waals surface area contributed by atoms with Crippen LogP contribution in [0.2, 0.25) is 0 Å². The summed E-state index contributed by atoms with van der Waals surface area (Å²) in [5.41, 5.74) is 2.42. The van der Waals surface area contributed by atoms with Crippen LogP contribution in [-0.4, -0.2) is 68.6 Å². The molecule has 8 nitrogen and oxygen atoms in total. The highest BCUT2D eigenvalue weighted by atomic mass is 32.2. The molecule has 206 valence electrons. The van der Waals surface area contributed by atoms with Crippen LogP contribution in [0.15, 0.2) is 66.7 Å². The number of piperazine rings is 1. The third-order valence-electron chi connectivity index (χ3n) is 7.85. The number of benzene rings is 3. The second kappa shape index (κ2) is 10.9. The minimum atomic E-state index is -3.55. The van der Waals surface area contributed by atoms with Crippen molar-refractivity contribution in [2.45, 2.75) is 29.9 Å². The number of carboxylic acid groups (broad SMARTS) is 1. The van der Waals surface area contributed by atoms with E-state index in [2.05, 4.69) is 10.2 Å². The van der Waals surface area contributed by atoms with Crippen molar-refractivity contribution < 1.29 is 27.8 Å². The molecule has 2 aliphatic heterocycles. The number of anilines is 2. The van der Waals surface area contributed by atoms with Crippen LogP contribution < -0.4 is 15.1 Å². The molecule has 0 amide bonds. The Labute approximate surface area is 227 Å². The van der Waals surface area contributed by atoms with Gasteiger partial charge >= 0.3 is 5.97 Å². The Bertz CT molecular complexity index is 1460. The summed E-state index contributed by atoms with van der Waals surface area (Å²) in [4.78, 5) is 15.2. The quantitative estimate of drug-likeness (QED) is 0.425. The number of aromatic hydroxyl groups is 1. The van der Waals surface area contributed by atoms with E-state index in [0.29, 0.717) is 38.3 Å². The van der Waals surface area contributed by atoms with E-state index in [1.807, 2.05) is 48.2 Å². The topological polar surface area (TPSA) is 110 Å². The van der Waals surface area contributed by atoms with Crippen molar-refractivity contribution in [2.24, 2.45) is 0 Å². The highest BCUT2D eigenvalue weighted by Crippen LogP contribution is 2.33. The zero-order valence-electron chi connectivity index (χ0n) is 21.6. The number of carbonyl (C=O) groups is 1. The number of halogens is 1. The fraction of sp³-hybridized carbons (Fsp3) is 0.345. The summed E-state index contributed by atoms with van der Waals surface area (Å²) in [6.45, 7) is 4.61. The predicted molar refractivity (Wildman–Crippen MR) is 149 cm³/mol. The third-order valence-corrected chi connectivity index (χ3v) is 10.5. The molecule has 0 aromatic heterocycles. The fourth-order valence-corrected chi connectivity index (χ4v) is 7.90. The van der Waals surface area contributed by atoms with E-state index in [1.165, 1.54) is 18.2 Å². The van der Waals surface area contributed by atoms with Crippen LogP contribution >= 0.6 is 0 Å². The van der Waals surface area contributed by atoms with Gasteiger partial charge < -0.3 is 25.3 Å². The zero-order chi connectivity index (χ0) is 27.7. The number of hydrogen-bond acceptors (Lipinski definition) is 7. The molecule has 2 saturated heterocycles. The van der Waals surface area contributed by atoms with Gasteiger partial charge in [-0.1, -0.05) is 36.4 Å². The van der Waals surface area contributed by atoms with Crippen molar-refractivity contribution in [3.05, 3.63) is 89.2 Å². The van der Waals surface area contributed by atoms with E-state index in [9.17, 15) is 18.3 Å². The monoisotopic (exact) mass is 553 g/mol. The standard InChI is InChI=1S/C29H32FN3O5S/c1-19-27(39(37,38)28(18-31-19)20-5-3-2-4-6-20)15-21-7-8-22(16-25(21)30)32-11-13-33(14-12-32)23-9-10-24(29(35)36)26(34)17-23/h2-10,16-17,19,27-28,31,34H,11-15,18H2,1H3,(H,35,36)/t19-,27?,28+/m0/s1. The molecule has 0 saturated carbocycles. The first-order valence-electron chi connectivity index (χ1n) is 13.0. The van der Waals surface area contributed by atoms with Gasteiger partial charge in [0.2, 0.25) is 0 Å². The van der Waals surface area contributed by atoms with Gasteiger partial charge in [-0.3, -0.25) is 0 Å². The fourth-order valence-electron chi connectivity index (χ4n) is 5.54. The van der Waals surface area contributed by atoms with Crippen molar-refractivity contribution >= 4 is 27.2 Å². The van der Waals surface area contributed by atoms with Crippen molar-refractivity contribution in [1.29, 1.82) is 0 Å². The van der Waals surface area contributed by atoms with Crippen LogP contribution in [0.5, 0.6) is 5.75 Å². The Hall–Kier alpha value is -3.63. The molecule has 0 bridgehead atoms. The molecule has 39 heavy (non-hydrogen) atoms. The van der Waals surface area contributed by atoms with Crippen molar-refractivity contribution in [3.8, 4) is 5.75 Å². The lowest BCUT2D eigenvalue weighted by molar-refractivity contribution is 0.0693. The average Bonchev–Trinajstić information content (AvgIpc) is 2.92. The second-order valence-electron chi connectivity index (χ2n) is 10.2. The van der Waals surface area contributed by atoms with Gasteiger partial charge in [-0.25, -0.2) is 17.6 Å². The lowest BCUT2D eigenvalue weighted by atomic mass is 10.0. The minimum Gasteiger partial charge on any atom is -0.507 e.